The second-order valence-corrected chi connectivity index (χ2v) is 7.19. The summed E-state index contributed by atoms with van der Waals surface area (Å²) in [5, 5.41) is 13.7. The minimum atomic E-state index is 0.382. The van der Waals surface area contributed by atoms with Gasteiger partial charge in [0, 0.05) is 38.2 Å². The van der Waals surface area contributed by atoms with Crippen LogP contribution in [-0.4, -0.2) is 49.3 Å². The number of hydrogen-bond donors (Lipinski definition) is 2. The van der Waals surface area contributed by atoms with Gasteiger partial charge in [0.25, 0.3) is 0 Å². The summed E-state index contributed by atoms with van der Waals surface area (Å²) in [5.74, 6) is 1.86. The van der Waals surface area contributed by atoms with Crippen molar-refractivity contribution in [3.63, 3.8) is 0 Å². The van der Waals surface area contributed by atoms with Gasteiger partial charge in [0.1, 0.15) is 5.75 Å². The van der Waals surface area contributed by atoms with Crippen LogP contribution in [-0.2, 0) is 24.1 Å². The van der Waals surface area contributed by atoms with Crippen LogP contribution in [0.4, 0.5) is 0 Å². The Morgan fingerprint density at radius 2 is 2.20 bits per heavy atom. The van der Waals surface area contributed by atoms with Gasteiger partial charge in [0.05, 0.1) is 13.2 Å². The highest BCUT2D eigenvalue weighted by Gasteiger charge is 2.20. The lowest BCUT2D eigenvalue weighted by Gasteiger charge is -2.25. The quantitative estimate of drug-likeness (QED) is 0.636. The number of nitrogens with one attached hydrogen (secondary N) is 1. The fourth-order valence-corrected chi connectivity index (χ4v) is 3.89. The fraction of sp³-hybridized carbons (Fsp3) is 0.650. The third-order valence-corrected chi connectivity index (χ3v) is 5.27. The maximum absolute atomic E-state index is 10.4. The molecular weight excluding hydrogens is 314 g/mol. The van der Waals surface area contributed by atoms with E-state index in [1.54, 1.807) is 0 Å². The first kappa shape index (κ1) is 18.1. The van der Waals surface area contributed by atoms with E-state index in [1.807, 2.05) is 6.07 Å². The van der Waals surface area contributed by atoms with Gasteiger partial charge in [-0.3, -0.25) is 0 Å². The van der Waals surface area contributed by atoms with Crippen molar-refractivity contribution < 1.29 is 9.84 Å². The Labute approximate surface area is 151 Å². The van der Waals surface area contributed by atoms with Gasteiger partial charge in [-0.25, -0.2) is 4.99 Å². The van der Waals surface area contributed by atoms with Crippen LogP contribution >= 0.6 is 0 Å². The molecule has 1 aliphatic carbocycles. The van der Waals surface area contributed by atoms with E-state index < -0.39 is 0 Å². The molecule has 1 aliphatic heterocycles. The third kappa shape index (κ3) is 4.46. The topological polar surface area (TPSA) is 57.1 Å². The van der Waals surface area contributed by atoms with Gasteiger partial charge < -0.3 is 20.1 Å². The van der Waals surface area contributed by atoms with Gasteiger partial charge in [0.2, 0.25) is 0 Å². The number of ether oxygens (including phenoxy) is 1. The molecule has 0 bridgehead atoms. The molecule has 2 N–H and O–H groups in total. The Kier molecular flexibility index (Phi) is 6.19. The highest BCUT2D eigenvalue weighted by atomic mass is 16.5. The van der Waals surface area contributed by atoms with Crippen LogP contribution in [0, 0.1) is 5.92 Å². The van der Waals surface area contributed by atoms with Crippen LogP contribution in [0.3, 0.4) is 0 Å². The van der Waals surface area contributed by atoms with Crippen molar-refractivity contribution in [3.8, 4) is 5.75 Å². The predicted octanol–water partition coefficient (Wildman–Crippen LogP) is 2.70. The van der Waals surface area contributed by atoms with Gasteiger partial charge in [-0.05, 0) is 56.2 Å². The molecule has 5 nitrogen and oxygen atoms in total. The first-order chi connectivity index (χ1) is 12.2. The van der Waals surface area contributed by atoms with Crippen molar-refractivity contribution in [2.75, 3.05) is 33.4 Å². The van der Waals surface area contributed by atoms with E-state index in [4.69, 9.17) is 9.73 Å². The summed E-state index contributed by atoms with van der Waals surface area (Å²) in [6, 6.07) is 3.91. The molecule has 1 saturated heterocycles. The number of phenols is 1. The van der Waals surface area contributed by atoms with Gasteiger partial charge in [-0.15, -0.1) is 0 Å². The van der Waals surface area contributed by atoms with E-state index in [2.05, 4.69) is 30.3 Å². The molecule has 5 heteroatoms. The summed E-state index contributed by atoms with van der Waals surface area (Å²) in [6.07, 6.45) is 5.75. The molecule has 1 heterocycles. The molecule has 1 fully saturated rings. The van der Waals surface area contributed by atoms with Gasteiger partial charge in [-0.2, -0.15) is 0 Å². The van der Waals surface area contributed by atoms with Crippen molar-refractivity contribution in [3.05, 3.63) is 28.8 Å². The first-order valence-corrected chi connectivity index (χ1v) is 9.58. The number of fused-ring (bicyclic) bond motifs is 1. The van der Waals surface area contributed by atoms with E-state index >= 15 is 0 Å². The lowest BCUT2D eigenvalue weighted by atomic mass is 9.88. The summed E-state index contributed by atoms with van der Waals surface area (Å²) in [7, 11) is 2.08. The summed E-state index contributed by atoms with van der Waals surface area (Å²) >= 11 is 0. The number of aryl methyl sites for hydroxylation is 1. The molecular formula is C20H31N3O2. The highest BCUT2D eigenvalue weighted by Crippen LogP contribution is 2.31. The van der Waals surface area contributed by atoms with Crippen molar-refractivity contribution in [1.29, 1.82) is 0 Å². The molecule has 25 heavy (non-hydrogen) atoms. The molecule has 0 spiro atoms. The first-order valence-electron chi connectivity index (χ1n) is 9.58. The number of hydrogen-bond acceptors (Lipinski definition) is 3. The summed E-state index contributed by atoms with van der Waals surface area (Å²) < 4.78 is 5.48. The average molecular weight is 345 g/mol. The van der Waals surface area contributed by atoms with Crippen LogP contribution in [0.25, 0.3) is 0 Å². The summed E-state index contributed by atoms with van der Waals surface area (Å²) in [6.45, 7) is 6.12. The van der Waals surface area contributed by atoms with Gasteiger partial charge in [0.15, 0.2) is 5.96 Å². The molecule has 2 aliphatic rings. The lowest BCUT2D eigenvalue weighted by molar-refractivity contribution is 0.181. The van der Waals surface area contributed by atoms with Crippen LogP contribution < -0.4 is 5.32 Å². The minimum absolute atomic E-state index is 0.382. The molecule has 1 aromatic rings. The number of benzene rings is 1. The number of guanidine groups is 1. The van der Waals surface area contributed by atoms with Crippen molar-refractivity contribution in [2.45, 2.75) is 45.6 Å². The predicted molar refractivity (Wildman–Crippen MR) is 101 cm³/mol. The summed E-state index contributed by atoms with van der Waals surface area (Å²) in [5.41, 5.74) is 3.71. The molecule has 1 aromatic carbocycles. The van der Waals surface area contributed by atoms with Crippen molar-refractivity contribution in [1.82, 2.24) is 10.2 Å². The van der Waals surface area contributed by atoms with E-state index in [0.717, 1.165) is 57.1 Å². The Bertz CT molecular complexity index is 609. The normalized spacial score (nSPS) is 20.4. The van der Waals surface area contributed by atoms with Gasteiger partial charge in [-0.1, -0.05) is 6.07 Å². The molecule has 1 unspecified atom stereocenters. The molecule has 0 saturated carbocycles. The standard InChI is InChI=1S/C20H31N3O2/c1-3-21-20(23(2)13-15-10-11-25-14-15)22-12-18-17-7-5-4-6-16(17)8-9-19(18)24/h8-9,15,24H,3-7,10-14H2,1-2H3,(H,21,22). The molecule has 1 atom stereocenters. The SMILES string of the molecule is CCNC(=NCc1c(O)ccc2c1CCCC2)N(C)CC1CCOC1. The lowest BCUT2D eigenvalue weighted by Crippen LogP contribution is -2.41. The molecule has 3 rings (SSSR count). The van der Waals surface area contributed by atoms with Crippen LogP contribution in [0.5, 0.6) is 5.75 Å². The highest BCUT2D eigenvalue weighted by molar-refractivity contribution is 5.79. The van der Waals surface area contributed by atoms with Crippen LogP contribution in [0.2, 0.25) is 0 Å². The second-order valence-electron chi connectivity index (χ2n) is 7.19. The Morgan fingerprint density at radius 1 is 1.36 bits per heavy atom. The Morgan fingerprint density at radius 3 is 2.96 bits per heavy atom. The van der Waals surface area contributed by atoms with E-state index in [1.165, 1.54) is 24.0 Å². The summed E-state index contributed by atoms with van der Waals surface area (Å²) in [4.78, 5) is 7.02. The monoisotopic (exact) mass is 345 g/mol. The van der Waals surface area contributed by atoms with Crippen molar-refractivity contribution in [2.24, 2.45) is 10.9 Å². The van der Waals surface area contributed by atoms with E-state index in [9.17, 15) is 5.11 Å². The Balaban J connectivity index is 1.75. The molecule has 0 radical (unpaired) electrons. The maximum Gasteiger partial charge on any atom is 0.193 e. The van der Waals surface area contributed by atoms with E-state index in [-0.39, 0.29) is 0 Å². The number of aromatic hydroxyl groups is 1. The van der Waals surface area contributed by atoms with Crippen LogP contribution in [0.15, 0.2) is 17.1 Å². The zero-order valence-electron chi connectivity index (χ0n) is 15.6. The Hall–Kier alpha value is -1.75. The zero-order valence-corrected chi connectivity index (χ0v) is 15.6. The molecule has 138 valence electrons. The van der Waals surface area contributed by atoms with Crippen LogP contribution in [0.1, 0.15) is 42.9 Å². The number of rotatable bonds is 5. The number of phenolic OH excluding ortho intramolecular Hbond substituents is 1. The zero-order chi connectivity index (χ0) is 17.6. The maximum atomic E-state index is 10.4. The van der Waals surface area contributed by atoms with Crippen molar-refractivity contribution >= 4 is 5.96 Å². The largest absolute Gasteiger partial charge is 0.508 e. The fourth-order valence-electron chi connectivity index (χ4n) is 3.89. The number of aliphatic imine (C=N–C) groups is 1. The molecule has 0 aromatic heterocycles. The van der Waals surface area contributed by atoms with E-state index in [0.29, 0.717) is 18.2 Å². The number of nitrogens with zero attached hydrogens (tertiary/aromatic N) is 2. The third-order valence-electron chi connectivity index (χ3n) is 5.27. The average Bonchev–Trinajstić information content (AvgIpc) is 3.12. The molecule has 0 amide bonds. The van der Waals surface area contributed by atoms with Gasteiger partial charge >= 0.3 is 0 Å². The smallest absolute Gasteiger partial charge is 0.193 e. The minimum Gasteiger partial charge on any atom is -0.508 e. The second kappa shape index (κ2) is 8.56.